The van der Waals surface area contributed by atoms with Crippen molar-refractivity contribution >= 4 is 11.0 Å². The number of hydrogen-bond donors (Lipinski definition) is 1. The summed E-state index contributed by atoms with van der Waals surface area (Å²) in [5.41, 5.74) is 2.80. The van der Waals surface area contributed by atoms with Gasteiger partial charge < -0.3 is 9.67 Å². The maximum absolute atomic E-state index is 10.4. The van der Waals surface area contributed by atoms with E-state index in [4.69, 9.17) is 0 Å². The zero-order valence-corrected chi connectivity index (χ0v) is 12.4. The molecule has 0 aliphatic rings. The Hall–Kier alpha value is -2.14. The average molecular weight is 284 g/mol. The zero-order valence-electron chi connectivity index (χ0n) is 12.4. The Balaban J connectivity index is 1.94. The van der Waals surface area contributed by atoms with Gasteiger partial charge in [0.2, 0.25) is 0 Å². The van der Waals surface area contributed by atoms with Crippen molar-refractivity contribution in [2.24, 2.45) is 7.05 Å². The van der Waals surface area contributed by atoms with Gasteiger partial charge in [0.1, 0.15) is 11.9 Å². The van der Waals surface area contributed by atoms with Crippen LogP contribution in [0.5, 0.6) is 0 Å². The molecule has 0 fully saturated rings. The lowest BCUT2D eigenvalue weighted by Crippen LogP contribution is -2.10. The summed E-state index contributed by atoms with van der Waals surface area (Å²) in [4.78, 5) is 4.67. The highest BCUT2D eigenvalue weighted by Crippen LogP contribution is 2.21. The van der Waals surface area contributed by atoms with E-state index in [-0.39, 0.29) is 0 Å². The highest BCUT2D eigenvalue weighted by Gasteiger charge is 2.17. The second-order valence-corrected chi connectivity index (χ2v) is 5.30. The molecule has 0 saturated heterocycles. The van der Waals surface area contributed by atoms with E-state index in [0.29, 0.717) is 12.1 Å². The smallest absolute Gasteiger partial charge is 0.112 e. The van der Waals surface area contributed by atoms with Gasteiger partial charge in [0.25, 0.3) is 0 Å². The SMILES string of the molecule is CCCn1c(CC(O)c2ccn(C)n2)nc2ccccc21. The lowest BCUT2D eigenvalue weighted by Gasteiger charge is -2.10. The van der Waals surface area contributed by atoms with Gasteiger partial charge in [-0.1, -0.05) is 19.1 Å². The van der Waals surface area contributed by atoms with Crippen LogP contribution in [-0.4, -0.2) is 24.4 Å². The summed E-state index contributed by atoms with van der Waals surface area (Å²) in [6.45, 7) is 3.05. The molecule has 21 heavy (non-hydrogen) atoms. The molecule has 0 spiro atoms. The summed E-state index contributed by atoms with van der Waals surface area (Å²) < 4.78 is 3.90. The lowest BCUT2D eigenvalue weighted by molar-refractivity contribution is 0.169. The Kier molecular flexibility index (Phi) is 3.75. The van der Waals surface area contributed by atoms with Crippen LogP contribution < -0.4 is 0 Å². The molecule has 2 heterocycles. The second kappa shape index (κ2) is 5.69. The van der Waals surface area contributed by atoms with E-state index in [1.54, 1.807) is 4.68 Å². The zero-order chi connectivity index (χ0) is 14.8. The first-order valence-electron chi connectivity index (χ1n) is 7.30. The number of nitrogens with zero attached hydrogens (tertiary/aromatic N) is 4. The third-order valence-electron chi connectivity index (χ3n) is 3.63. The molecular weight excluding hydrogens is 264 g/mol. The minimum absolute atomic E-state index is 0.478. The summed E-state index contributed by atoms with van der Waals surface area (Å²) in [6.07, 6.45) is 2.73. The Morgan fingerprint density at radius 1 is 1.24 bits per heavy atom. The van der Waals surface area contributed by atoms with E-state index >= 15 is 0 Å². The Morgan fingerprint density at radius 3 is 2.76 bits per heavy atom. The van der Waals surface area contributed by atoms with E-state index in [2.05, 4.69) is 27.6 Å². The Labute approximate surface area is 123 Å². The minimum atomic E-state index is -0.626. The number of aliphatic hydroxyl groups excluding tert-OH is 1. The van der Waals surface area contributed by atoms with Gasteiger partial charge in [0.15, 0.2) is 0 Å². The molecule has 2 aromatic heterocycles. The van der Waals surface area contributed by atoms with Crippen molar-refractivity contribution in [3.63, 3.8) is 0 Å². The summed E-state index contributed by atoms with van der Waals surface area (Å²) in [6, 6.07) is 9.95. The number of benzene rings is 1. The van der Waals surface area contributed by atoms with Gasteiger partial charge in [0.05, 0.1) is 16.7 Å². The average Bonchev–Trinajstić information content (AvgIpc) is 3.04. The number of hydrogen-bond acceptors (Lipinski definition) is 3. The first-order chi connectivity index (χ1) is 10.2. The van der Waals surface area contributed by atoms with Crippen molar-refractivity contribution in [1.82, 2.24) is 19.3 Å². The molecule has 3 aromatic rings. The Morgan fingerprint density at radius 2 is 2.05 bits per heavy atom. The van der Waals surface area contributed by atoms with Crippen LogP contribution >= 0.6 is 0 Å². The van der Waals surface area contributed by atoms with Crippen molar-refractivity contribution in [2.75, 3.05) is 0 Å². The van der Waals surface area contributed by atoms with Crippen LogP contribution in [0.1, 0.15) is 31.0 Å². The molecule has 5 heteroatoms. The number of aryl methyl sites for hydroxylation is 2. The van der Waals surface area contributed by atoms with Crippen molar-refractivity contribution in [3.8, 4) is 0 Å². The molecule has 0 radical (unpaired) electrons. The van der Waals surface area contributed by atoms with Gasteiger partial charge in [-0.15, -0.1) is 0 Å². The normalized spacial score (nSPS) is 12.9. The molecule has 3 rings (SSSR count). The predicted octanol–water partition coefficient (Wildman–Crippen LogP) is 2.46. The van der Waals surface area contributed by atoms with Gasteiger partial charge >= 0.3 is 0 Å². The van der Waals surface area contributed by atoms with Gasteiger partial charge in [-0.25, -0.2) is 4.98 Å². The van der Waals surface area contributed by atoms with Gasteiger partial charge in [0, 0.05) is 26.2 Å². The van der Waals surface area contributed by atoms with Gasteiger partial charge in [-0.3, -0.25) is 4.68 Å². The summed E-state index contributed by atoms with van der Waals surface area (Å²) in [5, 5.41) is 14.6. The van der Waals surface area contributed by atoms with Crippen molar-refractivity contribution < 1.29 is 5.11 Å². The molecule has 1 N–H and O–H groups in total. The summed E-state index contributed by atoms with van der Waals surface area (Å²) in [7, 11) is 1.85. The fraction of sp³-hybridized carbons (Fsp3) is 0.375. The van der Waals surface area contributed by atoms with Crippen molar-refractivity contribution in [1.29, 1.82) is 0 Å². The number of aliphatic hydroxyl groups is 1. The van der Waals surface area contributed by atoms with Crippen molar-refractivity contribution in [3.05, 3.63) is 48.0 Å². The Bertz CT molecular complexity index is 744. The molecule has 1 atom stereocenters. The minimum Gasteiger partial charge on any atom is -0.386 e. The topological polar surface area (TPSA) is 55.9 Å². The molecule has 0 amide bonds. The van der Waals surface area contributed by atoms with Crippen molar-refractivity contribution in [2.45, 2.75) is 32.4 Å². The maximum atomic E-state index is 10.4. The molecule has 1 aromatic carbocycles. The first-order valence-corrected chi connectivity index (χ1v) is 7.30. The van der Waals surface area contributed by atoms with Gasteiger partial charge in [-0.2, -0.15) is 5.10 Å². The highest BCUT2D eigenvalue weighted by atomic mass is 16.3. The maximum Gasteiger partial charge on any atom is 0.112 e. The lowest BCUT2D eigenvalue weighted by atomic mass is 10.2. The standard InChI is InChI=1S/C16H20N4O/c1-3-9-20-14-7-5-4-6-12(14)17-16(20)11-15(21)13-8-10-19(2)18-13/h4-8,10,15,21H,3,9,11H2,1-2H3. The van der Waals surface area contributed by atoms with Crippen LogP contribution in [0.3, 0.4) is 0 Å². The number of rotatable bonds is 5. The van der Waals surface area contributed by atoms with E-state index in [1.807, 2.05) is 37.5 Å². The molecule has 1 unspecified atom stereocenters. The quantitative estimate of drug-likeness (QED) is 0.783. The molecule has 0 aliphatic heterocycles. The van der Waals surface area contributed by atoms with Crippen LogP contribution in [0.4, 0.5) is 0 Å². The fourth-order valence-corrected chi connectivity index (χ4v) is 2.64. The molecule has 0 saturated carbocycles. The third kappa shape index (κ3) is 2.69. The van der Waals surface area contributed by atoms with Crippen LogP contribution in [0.15, 0.2) is 36.5 Å². The number of fused-ring (bicyclic) bond motifs is 1. The molecule has 0 bridgehead atoms. The molecule has 110 valence electrons. The molecular formula is C16H20N4O. The first kappa shape index (κ1) is 13.8. The largest absolute Gasteiger partial charge is 0.386 e. The number of imidazole rings is 1. The fourth-order valence-electron chi connectivity index (χ4n) is 2.64. The molecule has 5 nitrogen and oxygen atoms in total. The highest BCUT2D eigenvalue weighted by molar-refractivity contribution is 5.75. The summed E-state index contributed by atoms with van der Waals surface area (Å²) >= 11 is 0. The third-order valence-corrected chi connectivity index (χ3v) is 3.63. The van der Waals surface area contributed by atoms with Gasteiger partial charge in [-0.05, 0) is 24.6 Å². The van der Waals surface area contributed by atoms with E-state index in [9.17, 15) is 5.11 Å². The van der Waals surface area contributed by atoms with Crippen LogP contribution in [0.25, 0.3) is 11.0 Å². The van der Waals surface area contributed by atoms with Crippen LogP contribution in [0.2, 0.25) is 0 Å². The predicted molar refractivity (Wildman–Crippen MR) is 81.9 cm³/mol. The van der Waals surface area contributed by atoms with E-state index in [1.165, 1.54) is 0 Å². The monoisotopic (exact) mass is 284 g/mol. The van der Waals surface area contributed by atoms with Crippen LogP contribution in [0, 0.1) is 0 Å². The number of para-hydroxylation sites is 2. The number of aromatic nitrogens is 4. The van der Waals surface area contributed by atoms with Crippen LogP contribution in [-0.2, 0) is 20.0 Å². The van der Waals surface area contributed by atoms with E-state index in [0.717, 1.165) is 29.8 Å². The molecule has 0 aliphatic carbocycles. The van der Waals surface area contributed by atoms with E-state index < -0.39 is 6.10 Å². The summed E-state index contributed by atoms with van der Waals surface area (Å²) in [5.74, 6) is 0.913. The second-order valence-electron chi connectivity index (χ2n) is 5.30.